The highest BCUT2D eigenvalue weighted by molar-refractivity contribution is 5.92. The highest BCUT2D eigenvalue weighted by atomic mass is 16.5. The maximum absolute atomic E-state index is 10.8. The average Bonchev–Trinajstić information content (AvgIpc) is 2.52. The lowest BCUT2D eigenvalue weighted by Gasteiger charge is -2.07. The third kappa shape index (κ3) is 3.35. The van der Waals surface area contributed by atoms with Gasteiger partial charge in [0.15, 0.2) is 0 Å². The monoisotopic (exact) mass is 301 g/mol. The largest absolute Gasteiger partial charge is 0.507 e. The number of carbonyl (C=O) groups is 1. The number of aromatic carboxylic acids is 1. The molecule has 2 N–H and O–H groups in total. The van der Waals surface area contributed by atoms with Gasteiger partial charge in [-0.1, -0.05) is 0 Å². The summed E-state index contributed by atoms with van der Waals surface area (Å²) in [6, 6.07) is 9.37. The van der Waals surface area contributed by atoms with Crippen molar-refractivity contribution in [3.63, 3.8) is 0 Å². The molecule has 0 aliphatic rings. The second-order valence-electron chi connectivity index (χ2n) is 4.37. The number of benzene rings is 2. The zero-order valence-corrected chi connectivity index (χ0v) is 12.1. The summed E-state index contributed by atoms with van der Waals surface area (Å²) in [4.78, 5) is 15.0. The van der Waals surface area contributed by atoms with E-state index in [1.165, 1.54) is 18.2 Å². The van der Waals surface area contributed by atoms with Crippen LogP contribution in [0, 0.1) is 0 Å². The summed E-state index contributed by atoms with van der Waals surface area (Å²) in [5, 5.41) is 18.5. The van der Waals surface area contributed by atoms with Crippen LogP contribution in [0.15, 0.2) is 41.4 Å². The number of phenols is 1. The van der Waals surface area contributed by atoms with Gasteiger partial charge in [0, 0.05) is 17.8 Å². The number of aliphatic imine (C=N–C) groups is 1. The van der Waals surface area contributed by atoms with Crippen molar-refractivity contribution in [2.45, 2.75) is 0 Å². The summed E-state index contributed by atoms with van der Waals surface area (Å²) in [6.07, 6.45) is 1.55. The van der Waals surface area contributed by atoms with E-state index in [0.29, 0.717) is 22.7 Å². The molecule has 0 aromatic heterocycles. The molecule has 6 heteroatoms. The fourth-order valence-electron chi connectivity index (χ4n) is 1.87. The van der Waals surface area contributed by atoms with Crippen LogP contribution in [0.3, 0.4) is 0 Å². The van der Waals surface area contributed by atoms with Crippen molar-refractivity contribution in [1.29, 1.82) is 0 Å². The number of hydrogen-bond donors (Lipinski definition) is 2. The molecule has 0 aliphatic carbocycles. The van der Waals surface area contributed by atoms with Crippen LogP contribution in [0.25, 0.3) is 0 Å². The molecule has 0 heterocycles. The van der Waals surface area contributed by atoms with E-state index in [2.05, 4.69) is 4.99 Å². The average molecular weight is 301 g/mol. The molecule has 0 atom stereocenters. The van der Waals surface area contributed by atoms with Crippen molar-refractivity contribution in [1.82, 2.24) is 0 Å². The Hall–Kier alpha value is -3.02. The van der Waals surface area contributed by atoms with Crippen molar-refractivity contribution in [2.24, 2.45) is 4.99 Å². The summed E-state index contributed by atoms with van der Waals surface area (Å²) in [5.41, 5.74) is 0.953. The number of hydrogen-bond acceptors (Lipinski definition) is 5. The lowest BCUT2D eigenvalue weighted by molar-refractivity contribution is 0.0694. The van der Waals surface area contributed by atoms with Gasteiger partial charge in [-0.2, -0.15) is 0 Å². The molecule has 0 saturated heterocycles. The lowest BCUT2D eigenvalue weighted by atomic mass is 10.2. The topological polar surface area (TPSA) is 88.4 Å². The lowest BCUT2D eigenvalue weighted by Crippen LogP contribution is -1.95. The van der Waals surface area contributed by atoms with Gasteiger partial charge in [0.1, 0.15) is 22.8 Å². The first-order valence-electron chi connectivity index (χ1n) is 6.37. The molecule has 0 fully saturated rings. The maximum atomic E-state index is 10.8. The van der Waals surface area contributed by atoms with Crippen LogP contribution in [0.4, 0.5) is 5.69 Å². The van der Waals surface area contributed by atoms with Gasteiger partial charge in [0.25, 0.3) is 0 Å². The van der Waals surface area contributed by atoms with Gasteiger partial charge in [0.05, 0.1) is 19.9 Å². The second-order valence-corrected chi connectivity index (χ2v) is 4.37. The quantitative estimate of drug-likeness (QED) is 0.829. The number of nitrogens with zero attached hydrogens (tertiary/aromatic N) is 1. The molecule has 0 amide bonds. The van der Waals surface area contributed by atoms with E-state index in [9.17, 15) is 9.90 Å². The fourth-order valence-corrected chi connectivity index (χ4v) is 1.87. The Bertz CT molecular complexity index is 724. The third-order valence-electron chi connectivity index (χ3n) is 3.00. The Morgan fingerprint density at radius 3 is 2.50 bits per heavy atom. The van der Waals surface area contributed by atoms with Crippen LogP contribution >= 0.6 is 0 Å². The van der Waals surface area contributed by atoms with Gasteiger partial charge in [-0.15, -0.1) is 0 Å². The van der Waals surface area contributed by atoms with Crippen molar-refractivity contribution in [3.05, 3.63) is 47.5 Å². The molecule has 0 saturated carbocycles. The van der Waals surface area contributed by atoms with Gasteiger partial charge < -0.3 is 19.7 Å². The summed E-state index contributed by atoms with van der Waals surface area (Å²) >= 11 is 0. The first-order chi connectivity index (χ1) is 10.5. The second kappa shape index (κ2) is 6.62. The van der Waals surface area contributed by atoms with Crippen molar-refractivity contribution in [2.75, 3.05) is 14.2 Å². The summed E-state index contributed by atoms with van der Waals surface area (Å²) in [6.45, 7) is 0. The van der Waals surface area contributed by atoms with E-state index < -0.39 is 5.97 Å². The number of carboxylic acids is 1. The fraction of sp³-hybridized carbons (Fsp3) is 0.125. The van der Waals surface area contributed by atoms with E-state index in [4.69, 9.17) is 14.6 Å². The maximum Gasteiger partial charge on any atom is 0.339 e. The van der Waals surface area contributed by atoms with Crippen LogP contribution in [0.2, 0.25) is 0 Å². The SMILES string of the molecule is COc1ccc(OC)c(C=Nc2ccc(C(=O)O)c(O)c2)c1. The minimum Gasteiger partial charge on any atom is -0.507 e. The molecule has 22 heavy (non-hydrogen) atoms. The van der Waals surface area contributed by atoms with Crippen LogP contribution in [-0.2, 0) is 0 Å². The minimum absolute atomic E-state index is 0.169. The number of carboxylic acid groups (broad SMARTS) is 1. The number of methoxy groups -OCH3 is 2. The Labute approximate surface area is 127 Å². The van der Waals surface area contributed by atoms with E-state index in [1.54, 1.807) is 38.6 Å². The smallest absolute Gasteiger partial charge is 0.339 e. The molecule has 0 bridgehead atoms. The van der Waals surface area contributed by atoms with Crippen LogP contribution in [0.1, 0.15) is 15.9 Å². The Kier molecular flexibility index (Phi) is 4.63. The Morgan fingerprint density at radius 2 is 1.91 bits per heavy atom. The van der Waals surface area contributed by atoms with Gasteiger partial charge in [-0.05, 0) is 30.3 Å². The number of rotatable bonds is 5. The van der Waals surface area contributed by atoms with Crippen LogP contribution in [-0.4, -0.2) is 36.6 Å². The number of aromatic hydroxyl groups is 1. The zero-order chi connectivity index (χ0) is 16.1. The highest BCUT2D eigenvalue weighted by Gasteiger charge is 2.09. The van der Waals surface area contributed by atoms with Crippen molar-refractivity contribution >= 4 is 17.9 Å². The van der Waals surface area contributed by atoms with E-state index in [1.807, 2.05) is 0 Å². The predicted molar refractivity (Wildman–Crippen MR) is 81.9 cm³/mol. The Morgan fingerprint density at radius 1 is 1.14 bits per heavy atom. The zero-order valence-electron chi connectivity index (χ0n) is 12.1. The first kappa shape index (κ1) is 15.4. The molecular weight excluding hydrogens is 286 g/mol. The van der Waals surface area contributed by atoms with Gasteiger partial charge in [-0.25, -0.2) is 4.79 Å². The first-order valence-corrected chi connectivity index (χ1v) is 6.37. The highest BCUT2D eigenvalue weighted by Crippen LogP contribution is 2.26. The molecule has 0 unspecified atom stereocenters. The van der Waals surface area contributed by atoms with Crippen molar-refractivity contribution < 1.29 is 24.5 Å². The molecule has 0 spiro atoms. The van der Waals surface area contributed by atoms with Crippen molar-refractivity contribution in [3.8, 4) is 17.2 Å². The van der Waals surface area contributed by atoms with Crippen LogP contribution in [0.5, 0.6) is 17.2 Å². The summed E-state index contributed by atoms with van der Waals surface area (Å²) in [5.74, 6) is -0.246. The molecule has 2 aromatic carbocycles. The molecule has 6 nitrogen and oxygen atoms in total. The van der Waals surface area contributed by atoms with Gasteiger partial charge in [-0.3, -0.25) is 4.99 Å². The molecule has 0 aliphatic heterocycles. The molecule has 2 rings (SSSR count). The third-order valence-corrected chi connectivity index (χ3v) is 3.00. The van der Waals surface area contributed by atoms with Gasteiger partial charge in [0.2, 0.25) is 0 Å². The minimum atomic E-state index is -1.19. The van der Waals surface area contributed by atoms with E-state index >= 15 is 0 Å². The molecule has 2 aromatic rings. The van der Waals surface area contributed by atoms with E-state index in [-0.39, 0.29) is 11.3 Å². The summed E-state index contributed by atoms with van der Waals surface area (Å²) < 4.78 is 10.4. The molecule has 0 radical (unpaired) electrons. The number of ether oxygens (including phenoxy) is 2. The summed E-state index contributed by atoms with van der Waals surface area (Å²) in [7, 11) is 3.11. The molecule has 114 valence electrons. The Balaban J connectivity index is 2.32. The van der Waals surface area contributed by atoms with E-state index in [0.717, 1.165) is 0 Å². The standard InChI is InChI=1S/C16H15NO5/c1-21-12-4-6-15(22-2)10(7-12)9-17-11-3-5-13(16(19)20)14(18)8-11/h3-9,18H,1-2H3,(H,19,20). The molecular formula is C16H15NO5. The normalized spacial score (nSPS) is 10.6. The van der Waals surface area contributed by atoms with Crippen LogP contribution < -0.4 is 9.47 Å². The predicted octanol–water partition coefficient (Wildman–Crippen LogP) is 2.86. The van der Waals surface area contributed by atoms with Gasteiger partial charge >= 0.3 is 5.97 Å².